The first-order valence-corrected chi connectivity index (χ1v) is 2.40. The summed E-state index contributed by atoms with van der Waals surface area (Å²) < 4.78 is 10.1. The first-order chi connectivity index (χ1) is 1.41. The van der Waals surface area contributed by atoms with Gasteiger partial charge in [-0.15, -0.1) is 34.0 Å². The van der Waals surface area contributed by atoms with Crippen molar-refractivity contribution in [2.45, 2.75) is 0 Å². The minimum atomic E-state index is -0.833. The minimum absolute atomic E-state index is 0. The van der Waals surface area contributed by atoms with E-state index in [2.05, 4.69) is 11.8 Å². The molecule has 0 radical (unpaired) electrons. The lowest BCUT2D eigenvalue weighted by Gasteiger charge is -1.01. The Morgan fingerprint density at radius 1 is 1.40 bits per heavy atom. The van der Waals surface area contributed by atoms with Crippen LogP contribution in [0.5, 0.6) is 0 Å². The number of hydrogen-bond donors (Lipinski definition) is 0. The van der Waals surface area contributed by atoms with Gasteiger partial charge in [0.2, 0.25) is 11.8 Å². The summed E-state index contributed by atoms with van der Waals surface area (Å²) in [5.41, 5.74) is 0. The molecule has 5 heteroatoms. The minimum Gasteiger partial charge on any atom is -0.114 e. The Morgan fingerprint density at radius 2 is 1.40 bits per heavy atom. The highest BCUT2D eigenvalue weighted by Gasteiger charge is 1.47. The molecule has 1 atom stereocenters. The van der Waals surface area contributed by atoms with E-state index in [1.165, 1.54) is 0 Å². The second-order valence-corrected chi connectivity index (χ2v) is 0.694. The number of halogens is 3. The van der Waals surface area contributed by atoms with E-state index in [0.717, 1.165) is 0 Å². The van der Waals surface area contributed by atoms with E-state index < -0.39 is 7.67 Å². The Kier molecular flexibility index (Phi) is 58.5. The molecule has 0 nitrogen and oxygen atoms in total. The molecule has 0 N–H and O–H groups in total. The smallest absolute Gasteiger partial charge is 0.114 e. The summed E-state index contributed by atoms with van der Waals surface area (Å²) in [6.07, 6.45) is 0. The average molecular weight is 245 g/mol. The maximum Gasteiger partial charge on any atom is 0.382 e. The van der Waals surface area contributed by atoms with Crippen LogP contribution in [-0.4, -0.2) is 0 Å². The van der Waals surface area contributed by atoms with Crippen molar-refractivity contribution in [2.24, 2.45) is 0 Å². The summed E-state index contributed by atoms with van der Waals surface area (Å²) in [7, 11) is -0.833. The Labute approximate surface area is 57.6 Å². The molecule has 0 aromatic carbocycles. The molecule has 0 aliphatic carbocycles. The molecule has 0 saturated heterocycles. The molecule has 1 unspecified atom stereocenters. The number of rotatable bonds is 0. The summed E-state index contributed by atoms with van der Waals surface area (Å²) in [6.45, 7) is 0. The first-order valence-electron chi connectivity index (χ1n) is 0.393. The summed E-state index contributed by atoms with van der Waals surface area (Å²) in [5, 5.41) is 0. The molecule has 0 heterocycles. The molecule has 0 spiro atoms. The van der Waals surface area contributed by atoms with Crippen LogP contribution in [-0.2, 0) is 11.8 Å². The van der Waals surface area contributed by atoms with Crippen molar-refractivity contribution in [1.29, 1.82) is 0 Å². The van der Waals surface area contributed by atoms with Gasteiger partial charge in [-0.3, -0.25) is 0 Å². The van der Waals surface area contributed by atoms with Crippen LogP contribution in [0, 0.1) is 0 Å². The van der Waals surface area contributed by atoms with Crippen molar-refractivity contribution in [1.82, 2.24) is 0 Å². The highest BCUT2D eigenvalue weighted by molar-refractivity contribution is 8.93. The molecular weight excluding hydrogens is 242 g/mol. The van der Waals surface area contributed by atoms with Gasteiger partial charge in [-0.25, -0.2) is 0 Å². The quantitative estimate of drug-likeness (QED) is 0.589. The Balaban J connectivity index is -0.0000000200. The molecule has 0 aliphatic heterocycles. The van der Waals surface area contributed by atoms with Gasteiger partial charge in [0.25, 0.3) is 0 Å². The van der Waals surface area contributed by atoms with Gasteiger partial charge in [-0.05, 0) is 0 Å². The molecule has 0 aromatic rings. The zero-order valence-corrected chi connectivity index (χ0v) is 7.35. The third-order valence-corrected chi connectivity index (χ3v) is 0. The summed E-state index contributed by atoms with van der Waals surface area (Å²) in [4.78, 5) is 0. The summed E-state index contributed by atoms with van der Waals surface area (Å²) in [5.74, 6) is 0. The first kappa shape index (κ1) is 16.1. The largest absolute Gasteiger partial charge is 0.382 e. The Morgan fingerprint density at radius 3 is 1.40 bits per heavy atom. The average Bonchev–Trinajstić information content (AvgIpc) is 0.918. The van der Waals surface area contributed by atoms with Crippen molar-refractivity contribution in [3.8, 4) is 0 Å². The fourth-order valence-corrected chi connectivity index (χ4v) is 0. The van der Waals surface area contributed by atoms with E-state index in [9.17, 15) is 4.20 Å². The fraction of sp³-hybridized carbons (Fsp3) is 0. The fourth-order valence-electron chi connectivity index (χ4n) is 0. The molecule has 5 heavy (non-hydrogen) atoms. The van der Waals surface area contributed by atoms with E-state index in [-0.39, 0.29) is 34.0 Å². The molecule has 0 aromatic heterocycles. The van der Waals surface area contributed by atoms with Crippen molar-refractivity contribution in [3.05, 3.63) is 0 Å². The van der Waals surface area contributed by atoms with Gasteiger partial charge in [0.05, 0.1) is 0 Å². The van der Waals surface area contributed by atoms with Gasteiger partial charge in [0, 0.05) is 4.20 Å². The van der Waals surface area contributed by atoms with E-state index >= 15 is 0 Å². The van der Waals surface area contributed by atoms with Gasteiger partial charge in [-0.1, -0.05) is 0 Å². The van der Waals surface area contributed by atoms with Gasteiger partial charge in [0.1, 0.15) is 0 Å². The maximum absolute atomic E-state index is 10.1. The highest BCUT2D eigenvalue weighted by atomic mass is 79.9. The molecule has 34 valence electrons. The van der Waals surface area contributed by atoms with Crippen molar-refractivity contribution in [2.75, 3.05) is 0 Å². The van der Waals surface area contributed by atoms with E-state index in [1.807, 2.05) is 0 Å². The van der Waals surface area contributed by atoms with Crippen LogP contribution in [0.2, 0.25) is 0 Å². The normalized spacial score (nSPS) is 4.20. The van der Waals surface area contributed by atoms with Gasteiger partial charge < -0.3 is 0 Å². The standard InChI is InChI=1S/2BrH.FPS/c;;1-2-3/h2*1H;/p+1. The topological polar surface area (TPSA) is 0 Å². The SMILES string of the molecule is Br.Br.F[PH+]=S. The van der Waals surface area contributed by atoms with Crippen molar-refractivity contribution < 1.29 is 4.20 Å². The highest BCUT2D eigenvalue weighted by Crippen LogP contribution is 1.84. The van der Waals surface area contributed by atoms with Crippen LogP contribution in [0.3, 0.4) is 0 Å². The van der Waals surface area contributed by atoms with Gasteiger partial charge in [-0.2, -0.15) is 0 Å². The van der Waals surface area contributed by atoms with Crippen LogP contribution in [0.25, 0.3) is 0 Å². The maximum atomic E-state index is 10.1. The Bertz CT molecular complexity index is 17.1. The van der Waals surface area contributed by atoms with Crippen LogP contribution in [0.15, 0.2) is 0 Å². The van der Waals surface area contributed by atoms with Crippen LogP contribution in [0.4, 0.5) is 4.20 Å². The molecule has 0 amide bonds. The second kappa shape index (κ2) is 18.1. The van der Waals surface area contributed by atoms with E-state index in [4.69, 9.17) is 0 Å². The van der Waals surface area contributed by atoms with Crippen molar-refractivity contribution in [3.63, 3.8) is 0 Å². The van der Waals surface area contributed by atoms with Crippen LogP contribution in [0.1, 0.15) is 0 Å². The molecule has 0 rings (SSSR count). The molecule has 0 bridgehead atoms. The Hall–Kier alpha value is 1.41. The third kappa shape index (κ3) is 31.6. The second-order valence-electron chi connectivity index (χ2n) is 0.0772. The monoisotopic (exact) mass is 243 g/mol. The molecular formula is H3Br2FPS+. The van der Waals surface area contributed by atoms with E-state index in [1.54, 1.807) is 0 Å². The van der Waals surface area contributed by atoms with Gasteiger partial charge >= 0.3 is 7.67 Å². The zero-order valence-electron chi connectivity index (χ0n) is 2.10. The van der Waals surface area contributed by atoms with Crippen LogP contribution < -0.4 is 0 Å². The number of hydrogen-bond acceptors (Lipinski definition) is 1. The summed E-state index contributed by atoms with van der Waals surface area (Å²) in [6, 6.07) is 0. The lowest BCUT2D eigenvalue weighted by atomic mass is 18.9. The van der Waals surface area contributed by atoms with E-state index in [0.29, 0.717) is 0 Å². The predicted octanol–water partition coefficient (Wildman–Crippen LogP) is 2.17. The molecule has 0 aliphatic rings. The third-order valence-electron chi connectivity index (χ3n) is 0. The summed E-state index contributed by atoms with van der Waals surface area (Å²) >= 11 is 3.75. The molecule has 0 saturated carbocycles. The van der Waals surface area contributed by atoms with Crippen LogP contribution >= 0.6 is 41.6 Å². The van der Waals surface area contributed by atoms with Gasteiger partial charge in [0.15, 0.2) is 0 Å². The van der Waals surface area contributed by atoms with Crippen molar-refractivity contribution >= 4 is 53.4 Å². The predicted molar refractivity (Wildman–Crippen MR) is 37.4 cm³/mol. The molecule has 0 fully saturated rings. The lowest BCUT2D eigenvalue weighted by molar-refractivity contribution is 0.939. The lowest BCUT2D eigenvalue weighted by Crippen LogP contribution is -0.717. The zero-order chi connectivity index (χ0) is 2.71.